The van der Waals surface area contributed by atoms with Gasteiger partial charge in [0.15, 0.2) is 39.1 Å². The van der Waals surface area contributed by atoms with Gasteiger partial charge >= 0.3 is 34.3 Å². The highest BCUT2D eigenvalue weighted by Crippen LogP contribution is 2.47. The van der Waals surface area contributed by atoms with Crippen LogP contribution in [0.15, 0.2) is 35.0 Å². The molecule has 7 heterocycles. The lowest BCUT2D eigenvalue weighted by atomic mass is 9.96. The van der Waals surface area contributed by atoms with Crippen LogP contribution in [-0.2, 0) is 74.0 Å². The maximum atomic E-state index is 13.3. The number of hydrogen-bond acceptors (Lipinski definition) is 22. The van der Waals surface area contributed by atoms with Crippen molar-refractivity contribution < 1.29 is 84.3 Å². The average molecular weight is 1070 g/mol. The van der Waals surface area contributed by atoms with Crippen molar-refractivity contribution in [1.29, 1.82) is 0 Å². The lowest BCUT2D eigenvalue weighted by Gasteiger charge is -2.49. The second-order valence-corrected chi connectivity index (χ2v) is 21.1. The number of aromatic nitrogens is 7. The number of carbonyl (C=O) groups excluding carboxylic acids is 4. The fourth-order valence-corrected chi connectivity index (χ4v) is 11.2. The van der Waals surface area contributed by atoms with Crippen LogP contribution in [0.4, 0.5) is 21.4 Å². The third-order valence-corrected chi connectivity index (χ3v) is 15.2. The first-order chi connectivity index (χ1) is 32.4. The number of carbonyl (C=O) groups is 7. The number of nitrogens with zero attached hydrogens (tertiary/aromatic N) is 10. The summed E-state index contributed by atoms with van der Waals surface area (Å²) in [6, 6.07) is -3.08. The lowest BCUT2D eigenvalue weighted by molar-refractivity contribution is -0.765. The number of fused-ring (bicyclic) bond motifs is 2. The normalized spacial score (nSPS) is 22.4. The number of aliphatic carboxylic acids is 3. The third kappa shape index (κ3) is 11.2. The summed E-state index contributed by atoms with van der Waals surface area (Å²) in [5.74, 6) is -6.06. The summed E-state index contributed by atoms with van der Waals surface area (Å²) >= 11 is 1.96. The SMILES string of the molecule is C[C@]1(Cn2ccnn2)[C@H](C(=O)O)N2C(=O)C[C@H]2S1(=O)=O.Cn1c(N)c(NC(=O)NCCN)c[n+]1CC1=C(C(=O)O)N2C(=O)[C@@H](NC(=O)/C(=N\OC(C)(C)C(=O)O)c3nsc(N)n3)[C@H]2SC1.O=S(=O)(O)O. The van der Waals surface area contributed by atoms with Gasteiger partial charge in [0, 0.05) is 42.1 Å². The Morgan fingerprint density at radius 2 is 1.79 bits per heavy atom. The summed E-state index contributed by atoms with van der Waals surface area (Å²) in [7, 11) is -6.85. The number of carboxylic acid groups (broad SMARTS) is 3. The van der Waals surface area contributed by atoms with Crippen molar-refractivity contribution in [3.8, 4) is 0 Å². The van der Waals surface area contributed by atoms with E-state index < -0.39 is 101 Å². The van der Waals surface area contributed by atoms with E-state index in [9.17, 15) is 57.3 Å². The molecule has 14 N–H and O–H groups in total. The minimum Gasteiger partial charge on any atom is -0.480 e. The Hall–Kier alpha value is -7.06. The van der Waals surface area contributed by atoms with E-state index >= 15 is 0 Å². The summed E-state index contributed by atoms with van der Waals surface area (Å²) in [5.41, 5.74) is 15.2. The molecule has 3 aromatic rings. The number of nitrogen functional groups attached to an aromatic ring is 2. The van der Waals surface area contributed by atoms with Crippen LogP contribution >= 0.6 is 23.3 Å². The van der Waals surface area contributed by atoms with Crippen molar-refractivity contribution in [2.24, 2.45) is 17.9 Å². The first-order valence-electron chi connectivity index (χ1n) is 19.7. The lowest BCUT2D eigenvalue weighted by Crippen LogP contribution is -2.71. The van der Waals surface area contributed by atoms with E-state index in [-0.39, 0.29) is 66.5 Å². The molecule has 5 amide bonds. The highest BCUT2D eigenvalue weighted by molar-refractivity contribution is 8.00. The van der Waals surface area contributed by atoms with Gasteiger partial charge in [-0.3, -0.25) is 38.4 Å². The zero-order chi connectivity index (χ0) is 52.4. The number of hydrogen-bond donors (Lipinski definition) is 11. The van der Waals surface area contributed by atoms with Crippen molar-refractivity contribution in [2.45, 2.75) is 73.5 Å². The minimum atomic E-state index is -4.67. The molecular formula is C33H45N16O17S4+. The van der Waals surface area contributed by atoms with E-state index in [4.69, 9.17) is 39.6 Å². The summed E-state index contributed by atoms with van der Waals surface area (Å²) in [5, 5.41) is 45.5. The molecule has 0 bridgehead atoms. The summed E-state index contributed by atoms with van der Waals surface area (Å²) in [4.78, 5) is 96.4. The number of urea groups is 1. The van der Waals surface area contributed by atoms with Gasteiger partial charge in [0.1, 0.15) is 27.2 Å². The number of sulfone groups is 1. The molecule has 0 unspecified atom stereocenters. The maximum Gasteiger partial charge on any atom is 0.394 e. The van der Waals surface area contributed by atoms with Crippen molar-refractivity contribution in [3.05, 3.63) is 35.7 Å². The quantitative estimate of drug-likeness (QED) is 0.0224. The third-order valence-electron chi connectivity index (χ3n) is 10.6. The van der Waals surface area contributed by atoms with Crippen LogP contribution in [0.3, 0.4) is 0 Å². The molecule has 7 rings (SSSR count). The maximum absolute atomic E-state index is 13.3. The fourth-order valence-electron chi connectivity index (χ4n) is 7.07. The zero-order valence-electron chi connectivity index (χ0n) is 36.8. The van der Waals surface area contributed by atoms with Crippen molar-refractivity contribution in [2.75, 3.05) is 35.6 Å². The number of amides is 5. The van der Waals surface area contributed by atoms with Gasteiger partial charge in [0.25, 0.3) is 11.8 Å². The highest BCUT2D eigenvalue weighted by atomic mass is 32.3. The van der Waals surface area contributed by atoms with Gasteiger partial charge in [0.2, 0.25) is 29.2 Å². The molecule has 0 aliphatic carbocycles. The van der Waals surface area contributed by atoms with Crippen LogP contribution in [0, 0.1) is 0 Å². The van der Waals surface area contributed by atoms with Gasteiger partial charge in [-0.05, 0) is 20.8 Å². The molecule has 5 atom stereocenters. The zero-order valence-corrected chi connectivity index (χ0v) is 40.0. The first kappa shape index (κ1) is 53.9. The molecule has 3 saturated heterocycles. The number of rotatable bonds is 15. The smallest absolute Gasteiger partial charge is 0.394 e. The Kier molecular flexibility index (Phi) is 15.8. The Balaban J connectivity index is 0.000000299. The number of anilines is 3. The molecule has 4 aliphatic rings. The molecule has 4 aliphatic heterocycles. The van der Waals surface area contributed by atoms with E-state index in [1.54, 1.807) is 11.7 Å². The van der Waals surface area contributed by atoms with Gasteiger partial charge in [-0.15, -0.1) is 26.2 Å². The van der Waals surface area contributed by atoms with E-state index in [1.165, 1.54) is 60.5 Å². The van der Waals surface area contributed by atoms with E-state index in [1.807, 2.05) is 0 Å². The highest BCUT2D eigenvalue weighted by Gasteiger charge is 2.70. The number of nitrogens with two attached hydrogens (primary N) is 3. The molecule has 0 radical (unpaired) electrons. The van der Waals surface area contributed by atoms with Crippen LogP contribution in [0.5, 0.6) is 0 Å². The number of thioether (sulfide) groups is 1. The number of β-lactam (4-membered cyclic amide) rings is 2. The topological polar surface area (TPSA) is 496 Å². The number of nitrogens with one attached hydrogen (secondary N) is 3. The van der Waals surface area contributed by atoms with Crippen molar-refractivity contribution in [3.63, 3.8) is 0 Å². The van der Waals surface area contributed by atoms with Gasteiger partial charge in [-0.25, -0.2) is 27.6 Å². The van der Waals surface area contributed by atoms with E-state index in [0.717, 1.165) is 21.3 Å². The molecule has 3 fully saturated rings. The van der Waals surface area contributed by atoms with Crippen LogP contribution < -0.4 is 37.8 Å². The fraction of sp³-hybridized carbons (Fsp3) is 0.485. The Bertz CT molecular complexity index is 2880. The van der Waals surface area contributed by atoms with Gasteiger partial charge in [-0.2, -0.15) is 17.8 Å². The molecule has 382 valence electrons. The Morgan fingerprint density at radius 1 is 1.13 bits per heavy atom. The van der Waals surface area contributed by atoms with Crippen molar-refractivity contribution in [1.82, 2.24) is 49.5 Å². The molecule has 0 aromatic carbocycles. The summed E-state index contributed by atoms with van der Waals surface area (Å²) in [6.45, 7) is 4.10. The molecule has 37 heteroatoms. The van der Waals surface area contributed by atoms with Gasteiger partial charge in [0.05, 0.1) is 26.2 Å². The molecule has 3 aromatic heterocycles. The van der Waals surface area contributed by atoms with E-state index in [0.29, 0.717) is 5.57 Å². The van der Waals surface area contributed by atoms with Gasteiger partial charge < -0.3 is 52.9 Å². The van der Waals surface area contributed by atoms with E-state index in [2.05, 4.69) is 40.8 Å². The average Bonchev–Trinajstić information content (AvgIpc) is 4.02. The summed E-state index contributed by atoms with van der Waals surface area (Å²) in [6.07, 6.45) is 4.20. The molecule has 0 spiro atoms. The van der Waals surface area contributed by atoms with Gasteiger partial charge in [-0.1, -0.05) is 10.4 Å². The number of oxime groups is 1. The van der Waals surface area contributed by atoms with Crippen molar-refractivity contribution >= 4 is 108 Å². The van der Waals surface area contributed by atoms with Crippen LogP contribution in [0.25, 0.3) is 0 Å². The minimum absolute atomic E-state index is 0.00361. The first-order valence-corrected chi connectivity index (χ1v) is 24.4. The van der Waals surface area contributed by atoms with Crippen LogP contribution in [-0.4, -0.2) is 179 Å². The standard InChI is InChI=1S/C23H30N12O8S2.C10H12N4O5S.H2O4S/c1-23(2,20(40)41)43-31-11(15-30-21(26)45-32-15)16(36)29-12-17(37)35-13(19(38)39)9(8-44-18(12)35)6-34-7-10(14(25)33(34)3)28-22(42)27-5-4-24;1-10(5-13-3-2-11-12-13)8(9(16)17)14-6(15)4-7(14)20(10,18)19;1-5(2,3)4/h7,12,18,25H,4-6,8,24H2,1-3H3,(H7,26,27,28,29,30,32,36,38,39,40,41,42);2-3,7-8H,4-5H2,1H3,(H,16,17);(H2,1,2,3,4)/p+1/b31-11-;;/t12-,18-;7-,8+,10+;/m11./s1. The predicted octanol–water partition coefficient (Wildman–Crippen LogP) is -4.74. The molecule has 70 heavy (non-hydrogen) atoms. The molecule has 33 nitrogen and oxygen atoms in total. The van der Waals surface area contributed by atoms with Crippen LogP contribution in [0.1, 0.15) is 33.0 Å². The Morgan fingerprint density at radius 3 is 2.31 bits per heavy atom. The largest absolute Gasteiger partial charge is 0.480 e. The van der Waals surface area contributed by atoms with Crippen LogP contribution in [0.2, 0.25) is 0 Å². The molecule has 0 saturated carbocycles. The second kappa shape index (κ2) is 20.5. The molecular weight excluding hydrogens is 1020 g/mol. The Labute approximate surface area is 402 Å². The summed E-state index contributed by atoms with van der Waals surface area (Å²) < 4.78 is 63.3. The number of carboxylic acids is 3. The second-order valence-electron chi connectivity index (χ2n) is 15.7. The monoisotopic (exact) mass is 1070 g/mol. The predicted molar refractivity (Wildman–Crippen MR) is 238 cm³/mol.